The van der Waals surface area contributed by atoms with Crippen LogP contribution in [0.15, 0.2) is 41.3 Å². The predicted molar refractivity (Wildman–Crippen MR) is 85.3 cm³/mol. The van der Waals surface area contributed by atoms with Gasteiger partial charge in [-0.25, -0.2) is 0 Å². The van der Waals surface area contributed by atoms with Crippen LogP contribution in [-0.4, -0.2) is 16.5 Å². The van der Waals surface area contributed by atoms with E-state index in [1.165, 1.54) is 6.07 Å². The van der Waals surface area contributed by atoms with E-state index in [1.807, 2.05) is 22.8 Å². The molecule has 1 heterocycles. The third-order valence-corrected chi connectivity index (χ3v) is 3.79. The first-order chi connectivity index (χ1) is 10.0. The van der Waals surface area contributed by atoms with Gasteiger partial charge in [-0.1, -0.05) is 32.9 Å². The number of hydrogen-bond donors (Lipinski definition) is 1. The molecule has 0 spiro atoms. The molecule has 1 aromatic heterocycles. The zero-order valence-electron chi connectivity index (χ0n) is 12.8. The third kappa shape index (κ3) is 3.51. The number of aromatic nitrogens is 1. The minimum atomic E-state index is -0.0237. The Hall–Kier alpha value is -2.10. The Morgan fingerprint density at radius 3 is 2.62 bits per heavy atom. The van der Waals surface area contributed by atoms with Crippen molar-refractivity contribution in [2.24, 2.45) is 5.92 Å². The van der Waals surface area contributed by atoms with E-state index in [4.69, 9.17) is 0 Å². The van der Waals surface area contributed by atoms with Crippen molar-refractivity contribution < 1.29 is 4.79 Å². The van der Waals surface area contributed by atoms with Crippen LogP contribution in [-0.2, 0) is 11.3 Å². The lowest BCUT2D eigenvalue weighted by molar-refractivity contribution is -0.122. The van der Waals surface area contributed by atoms with Crippen molar-refractivity contribution in [2.45, 2.75) is 39.8 Å². The van der Waals surface area contributed by atoms with E-state index in [-0.39, 0.29) is 23.9 Å². The fraction of sp³-hybridized carbons (Fsp3) is 0.412. The van der Waals surface area contributed by atoms with Crippen molar-refractivity contribution in [2.75, 3.05) is 0 Å². The molecule has 4 heteroatoms. The van der Waals surface area contributed by atoms with Gasteiger partial charge in [0.1, 0.15) is 6.54 Å². The van der Waals surface area contributed by atoms with Crippen molar-refractivity contribution in [3.8, 4) is 0 Å². The van der Waals surface area contributed by atoms with E-state index in [9.17, 15) is 9.59 Å². The van der Waals surface area contributed by atoms with Crippen molar-refractivity contribution >= 4 is 16.8 Å². The van der Waals surface area contributed by atoms with Gasteiger partial charge in [0.2, 0.25) is 5.91 Å². The highest BCUT2D eigenvalue weighted by Crippen LogP contribution is 2.10. The van der Waals surface area contributed by atoms with Gasteiger partial charge in [-0.3, -0.25) is 9.59 Å². The fourth-order valence-corrected chi connectivity index (χ4v) is 2.55. The number of rotatable bonds is 5. The SMILES string of the molecule is CC[C@@H](NC(=O)Cn1ccc(=O)c2ccccc21)C(C)C. The maximum atomic E-state index is 12.2. The van der Waals surface area contributed by atoms with Gasteiger partial charge < -0.3 is 9.88 Å². The van der Waals surface area contributed by atoms with E-state index in [0.717, 1.165) is 11.9 Å². The van der Waals surface area contributed by atoms with Crippen molar-refractivity contribution in [3.63, 3.8) is 0 Å². The van der Waals surface area contributed by atoms with Crippen LogP contribution >= 0.6 is 0 Å². The summed E-state index contributed by atoms with van der Waals surface area (Å²) in [5, 5.41) is 3.70. The highest BCUT2D eigenvalue weighted by atomic mass is 16.2. The molecule has 0 radical (unpaired) electrons. The first kappa shape index (κ1) is 15.3. The quantitative estimate of drug-likeness (QED) is 0.918. The third-order valence-electron chi connectivity index (χ3n) is 3.79. The van der Waals surface area contributed by atoms with Crippen LogP contribution in [0.3, 0.4) is 0 Å². The molecule has 0 saturated heterocycles. The molecule has 2 rings (SSSR count). The number of hydrogen-bond acceptors (Lipinski definition) is 2. The number of para-hydroxylation sites is 1. The minimum absolute atomic E-state index is 0.0177. The lowest BCUT2D eigenvalue weighted by Gasteiger charge is -2.21. The van der Waals surface area contributed by atoms with Crippen LogP contribution in [0.25, 0.3) is 10.9 Å². The normalized spacial score (nSPS) is 12.6. The second-order valence-electron chi connectivity index (χ2n) is 5.65. The van der Waals surface area contributed by atoms with Crippen LogP contribution < -0.4 is 10.7 Å². The molecule has 0 saturated carbocycles. The number of carbonyl (C=O) groups excluding carboxylic acids is 1. The first-order valence-electron chi connectivity index (χ1n) is 7.40. The summed E-state index contributed by atoms with van der Waals surface area (Å²) < 4.78 is 1.82. The Balaban J connectivity index is 2.22. The van der Waals surface area contributed by atoms with Crippen LogP contribution in [0.2, 0.25) is 0 Å². The molecule has 4 nitrogen and oxygen atoms in total. The molecule has 0 aliphatic rings. The second kappa shape index (κ2) is 6.57. The highest BCUT2D eigenvalue weighted by Gasteiger charge is 2.14. The Kier molecular flexibility index (Phi) is 4.78. The Bertz CT molecular complexity index is 688. The predicted octanol–water partition coefficient (Wildman–Crippen LogP) is 2.55. The zero-order valence-corrected chi connectivity index (χ0v) is 12.8. The van der Waals surface area contributed by atoms with Gasteiger partial charge in [-0.2, -0.15) is 0 Å². The van der Waals surface area contributed by atoms with Gasteiger partial charge in [0.15, 0.2) is 5.43 Å². The summed E-state index contributed by atoms with van der Waals surface area (Å²) in [6.07, 6.45) is 2.59. The smallest absolute Gasteiger partial charge is 0.240 e. The first-order valence-corrected chi connectivity index (χ1v) is 7.40. The molecule has 1 N–H and O–H groups in total. The monoisotopic (exact) mass is 286 g/mol. The largest absolute Gasteiger partial charge is 0.352 e. The Morgan fingerprint density at radius 2 is 1.95 bits per heavy atom. The summed E-state index contributed by atoms with van der Waals surface area (Å²) in [7, 11) is 0. The summed E-state index contributed by atoms with van der Waals surface area (Å²) in [6.45, 7) is 6.50. The Morgan fingerprint density at radius 1 is 1.24 bits per heavy atom. The number of benzene rings is 1. The molecule has 112 valence electrons. The van der Waals surface area contributed by atoms with Crippen LogP contribution in [0.4, 0.5) is 0 Å². The minimum Gasteiger partial charge on any atom is -0.352 e. The average molecular weight is 286 g/mol. The molecule has 1 amide bonds. The average Bonchev–Trinajstić information content (AvgIpc) is 2.47. The number of nitrogens with zero attached hydrogens (tertiary/aromatic N) is 1. The van der Waals surface area contributed by atoms with Gasteiger partial charge in [-0.15, -0.1) is 0 Å². The summed E-state index contributed by atoms with van der Waals surface area (Å²) in [6, 6.07) is 9.05. The molecule has 0 fully saturated rings. The van der Waals surface area contributed by atoms with E-state index < -0.39 is 0 Å². The topological polar surface area (TPSA) is 51.1 Å². The van der Waals surface area contributed by atoms with Crippen molar-refractivity contribution in [1.29, 1.82) is 0 Å². The standard InChI is InChI=1S/C17H22N2O2/c1-4-14(12(2)3)18-17(21)11-19-10-9-16(20)13-7-5-6-8-15(13)19/h5-10,12,14H,4,11H2,1-3H3,(H,18,21)/t14-/m1/s1. The molecule has 0 aliphatic heterocycles. The van der Waals surface area contributed by atoms with E-state index in [0.29, 0.717) is 11.3 Å². The van der Waals surface area contributed by atoms with Crippen LogP contribution in [0.1, 0.15) is 27.2 Å². The molecular formula is C17H22N2O2. The van der Waals surface area contributed by atoms with Gasteiger partial charge in [0, 0.05) is 23.7 Å². The molecule has 0 aliphatic carbocycles. The molecular weight excluding hydrogens is 264 g/mol. The summed E-state index contributed by atoms with van der Waals surface area (Å²) in [5.41, 5.74) is 0.772. The number of amides is 1. The van der Waals surface area contributed by atoms with Gasteiger partial charge in [-0.05, 0) is 24.5 Å². The molecule has 21 heavy (non-hydrogen) atoms. The highest BCUT2D eigenvalue weighted by molar-refractivity contribution is 5.82. The van der Waals surface area contributed by atoms with Crippen molar-refractivity contribution in [1.82, 2.24) is 9.88 Å². The van der Waals surface area contributed by atoms with Gasteiger partial charge in [0.25, 0.3) is 0 Å². The van der Waals surface area contributed by atoms with Crippen LogP contribution in [0.5, 0.6) is 0 Å². The van der Waals surface area contributed by atoms with E-state index in [1.54, 1.807) is 12.3 Å². The zero-order chi connectivity index (χ0) is 15.4. The van der Waals surface area contributed by atoms with E-state index >= 15 is 0 Å². The van der Waals surface area contributed by atoms with Crippen LogP contribution in [0, 0.1) is 5.92 Å². The summed E-state index contributed by atoms with van der Waals surface area (Å²) in [5.74, 6) is 0.383. The molecule has 1 aromatic carbocycles. The number of pyridine rings is 1. The fourth-order valence-electron chi connectivity index (χ4n) is 2.55. The second-order valence-corrected chi connectivity index (χ2v) is 5.65. The maximum Gasteiger partial charge on any atom is 0.240 e. The summed E-state index contributed by atoms with van der Waals surface area (Å²) in [4.78, 5) is 24.0. The molecule has 0 unspecified atom stereocenters. The molecule has 1 atom stereocenters. The number of fused-ring (bicyclic) bond motifs is 1. The lowest BCUT2D eigenvalue weighted by atomic mass is 10.0. The Labute approximate surface area is 124 Å². The van der Waals surface area contributed by atoms with E-state index in [2.05, 4.69) is 26.1 Å². The maximum absolute atomic E-state index is 12.2. The molecule has 0 bridgehead atoms. The number of nitrogens with one attached hydrogen (secondary N) is 1. The summed E-state index contributed by atoms with van der Waals surface area (Å²) >= 11 is 0. The van der Waals surface area contributed by atoms with Crippen molar-refractivity contribution in [3.05, 3.63) is 46.8 Å². The van der Waals surface area contributed by atoms with Gasteiger partial charge >= 0.3 is 0 Å². The lowest BCUT2D eigenvalue weighted by Crippen LogP contribution is -2.39. The van der Waals surface area contributed by atoms with Gasteiger partial charge in [0.05, 0.1) is 5.52 Å². The number of carbonyl (C=O) groups is 1. The molecule has 2 aromatic rings.